The summed E-state index contributed by atoms with van der Waals surface area (Å²) in [5, 5.41) is 4.31. The van der Waals surface area contributed by atoms with E-state index in [2.05, 4.69) is 20.3 Å². The van der Waals surface area contributed by atoms with E-state index in [1.54, 1.807) is 6.92 Å². The average molecular weight is 390 g/mol. The van der Waals surface area contributed by atoms with E-state index in [4.69, 9.17) is 9.47 Å². The second-order valence-corrected chi connectivity index (χ2v) is 6.85. The number of nitrogens with zero attached hydrogens (tertiary/aromatic N) is 3. The Labute approximate surface area is 159 Å². The Bertz CT molecular complexity index is 930. The van der Waals surface area contributed by atoms with E-state index in [0.717, 1.165) is 16.0 Å². The van der Waals surface area contributed by atoms with Crippen LogP contribution < -0.4 is 10.1 Å². The van der Waals surface area contributed by atoms with Gasteiger partial charge < -0.3 is 14.8 Å². The molecule has 9 heteroatoms. The van der Waals surface area contributed by atoms with Gasteiger partial charge in [0.1, 0.15) is 11.3 Å². The molecular weight excluding hydrogens is 372 g/mol. The van der Waals surface area contributed by atoms with Gasteiger partial charge in [-0.15, -0.1) is 0 Å². The Hall–Kier alpha value is -2.39. The van der Waals surface area contributed by atoms with Crippen LogP contribution in [0, 0.1) is 0 Å². The molecule has 0 saturated heterocycles. The monoisotopic (exact) mass is 390 g/mol. The molecule has 1 aromatic carbocycles. The number of carbonyl (C=O) groups excluding carboxylic acids is 1. The topological polar surface area (TPSA) is 86.2 Å². The third-order valence-corrected chi connectivity index (χ3v) is 4.84. The second kappa shape index (κ2) is 8.33. The van der Waals surface area contributed by atoms with E-state index >= 15 is 0 Å². The number of nitrogens with one attached hydrogen (secondary N) is 1. The summed E-state index contributed by atoms with van der Waals surface area (Å²) in [7, 11) is 0. The Morgan fingerprint density at radius 2 is 2.12 bits per heavy atom. The molecule has 3 rings (SSSR count). The maximum absolute atomic E-state index is 12.2. The molecule has 0 unspecified atom stereocenters. The number of fused-ring (bicyclic) bond motifs is 1. The SMILES string of the molecule is CCOC(=O)c1cnc(SC)nc1Nc1nc2ccc(OCC)cc2s1. The zero-order valence-electron chi connectivity index (χ0n) is 14.6. The first-order chi connectivity index (χ1) is 12.6. The summed E-state index contributed by atoms with van der Waals surface area (Å²) >= 11 is 2.85. The molecule has 2 aromatic heterocycles. The lowest BCUT2D eigenvalue weighted by molar-refractivity contribution is 0.0526. The molecule has 0 aliphatic carbocycles. The van der Waals surface area contributed by atoms with Gasteiger partial charge in [0.15, 0.2) is 16.1 Å². The first kappa shape index (κ1) is 18.4. The maximum Gasteiger partial charge on any atom is 0.343 e. The first-order valence-corrected chi connectivity index (χ1v) is 10.1. The van der Waals surface area contributed by atoms with Gasteiger partial charge in [0, 0.05) is 6.20 Å². The summed E-state index contributed by atoms with van der Waals surface area (Å²) in [6, 6.07) is 5.73. The molecule has 0 saturated carbocycles. The van der Waals surface area contributed by atoms with Crippen molar-refractivity contribution >= 4 is 50.2 Å². The standard InChI is InChI=1S/C17H18N4O3S2/c1-4-23-10-6-7-12-13(8-10)26-17(19-12)21-14-11(15(22)24-5-2)9-18-16(20-14)25-3/h6-9H,4-5H2,1-3H3,(H,18,19,20,21). The van der Waals surface area contributed by atoms with E-state index in [1.807, 2.05) is 31.4 Å². The molecule has 7 nitrogen and oxygen atoms in total. The highest BCUT2D eigenvalue weighted by Crippen LogP contribution is 2.31. The molecule has 0 fully saturated rings. The van der Waals surface area contributed by atoms with Gasteiger partial charge in [-0.05, 0) is 38.3 Å². The highest BCUT2D eigenvalue weighted by molar-refractivity contribution is 7.98. The van der Waals surface area contributed by atoms with Gasteiger partial charge in [-0.1, -0.05) is 23.1 Å². The van der Waals surface area contributed by atoms with E-state index in [1.165, 1.54) is 29.3 Å². The van der Waals surface area contributed by atoms with Crippen molar-refractivity contribution in [2.24, 2.45) is 0 Å². The van der Waals surface area contributed by atoms with Gasteiger partial charge in [-0.3, -0.25) is 0 Å². The number of thioether (sulfide) groups is 1. The van der Waals surface area contributed by atoms with Crippen molar-refractivity contribution in [3.63, 3.8) is 0 Å². The number of rotatable bonds is 7. The normalized spacial score (nSPS) is 10.7. The van der Waals surface area contributed by atoms with E-state index in [9.17, 15) is 4.79 Å². The summed E-state index contributed by atoms with van der Waals surface area (Å²) in [6.07, 6.45) is 3.34. The van der Waals surface area contributed by atoms with Crippen LogP contribution in [0.25, 0.3) is 10.2 Å². The number of esters is 1. The van der Waals surface area contributed by atoms with E-state index in [-0.39, 0.29) is 12.2 Å². The van der Waals surface area contributed by atoms with Crippen LogP contribution in [0.2, 0.25) is 0 Å². The first-order valence-electron chi connectivity index (χ1n) is 8.03. The molecule has 136 valence electrons. The zero-order valence-corrected chi connectivity index (χ0v) is 16.2. The number of hydrogen-bond acceptors (Lipinski definition) is 9. The minimum atomic E-state index is -0.470. The Morgan fingerprint density at radius 3 is 2.85 bits per heavy atom. The Morgan fingerprint density at radius 1 is 1.27 bits per heavy atom. The third-order valence-electron chi connectivity index (χ3n) is 3.34. The number of hydrogen-bond donors (Lipinski definition) is 1. The van der Waals surface area contributed by atoms with Crippen molar-refractivity contribution in [2.75, 3.05) is 24.8 Å². The zero-order chi connectivity index (χ0) is 18.5. The Kier molecular flexibility index (Phi) is 5.89. The predicted octanol–water partition coefficient (Wildman–Crippen LogP) is 4.13. The van der Waals surface area contributed by atoms with Crippen LogP contribution in [-0.2, 0) is 4.74 Å². The summed E-state index contributed by atoms with van der Waals surface area (Å²) in [5.74, 6) is 0.711. The number of benzene rings is 1. The van der Waals surface area contributed by atoms with Crippen molar-refractivity contribution in [3.8, 4) is 5.75 Å². The van der Waals surface area contributed by atoms with Crippen LogP contribution in [0.3, 0.4) is 0 Å². The fraction of sp³-hybridized carbons (Fsp3) is 0.294. The molecule has 0 aliphatic rings. The van der Waals surface area contributed by atoms with Crippen LogP contribution in [0.4, 0.5) is 10.9 Å². The van der Waals surface area contributed by atoms with Crippen LogP contribution >= 0.6 is 23.1 Å². The fourth-order valence-corrected chi connectivity index (χ4v) is 3.47. The molecule has 1 N–H and O–H groups in total. The molecule has 2 heterocycles. The lowest BCUT2D eigenvalue weighted by Crippen LogP contribution is -2.10. The van der Waals surface area contributed by atoms with Gasteiger partial charge in [0.25, 0.3) is 0 Å². The van der Waals surface area contributed by atoms with Gasteiger partial charge in [0.05, 0.1) is 23.4 Å². The number of carbonyl (C=O) groups is 1. The van der Waals surface area contributed by atoms with Crippen molar-refractivity contribution in [2.45, 2.75) is 19.0 Å². The van der Waals surface area contributed by atoms with Crippen molar-refractivity contribution < 1.29 is 14.3 Å². The second-order valence-electron chi connectivity index (χ2n) is 5.05. The summed E-state index contributed by atoms with van der Waals surface area (Å²) < 4.78 is 11.6. The molecule has 26 heavy (non-hydrogen) atoms. The number of thiazole rings is 1. The summed E-state index contributed by atoms with van der Waals surface area (Å²) in [5.41, 5.74) is 1.12. The van der Waals surface area contributed by atoms with Crippen molar-refractivity contribution in [3.05, 3.63) is 30.0 Å². The Balaban J connectivity index is 1.94. The third kappa shape index (κ3) is 4.05. The van der Waals surface area contributed by atoms with Gasteiger partial charge in [-0.25, -0.2) is 19.7 Å². The van der Waals surface area contributed by atoms with Gasteiger partial charge in [-0.2, -0.15) is 0 Å². The van der Waals surface area contributed by atoms with E-state index in [0.29, 0.717) is 22.7 Å². The molecule has 3 aromatic rings. The largest absolute Gasteiger partial charge is 0.494 e. The molecule has 0 bridgehead atoms. The molecular formula is C17H18N4O3S2. The van der Waals surface area contributed by atoms with Crippen LogP contribution in [0.5, 0.6) is 5.75 Å². The maximum atomic E-state index is 12.2. The quantitative estimate of drug-likeness (QED) is 0.366. The summed E-state index contributed by atoms with van der Waals surface area (Å²) in [6.45, 7) is 4.59. The molecule has 0 amide bonds. The lowest BCUT2D eigenvalue weighted by atomic mass is 10.3. The fourth-order valence-electron chi connectivity index (χ4n) is 2.23. The molecule has 0 atom stereocenters. The molecule has 0 radical (unpaired) electrons. The number of anilines is 2. The lowest BCUT2D eigenvalue weighted by Gasteiger charge is -2.09. The molecule has 0 spiro atoms. The van der Waals surface area contributed by atoms with Crippen LogP contribution in [0.15, 0.2) is 29.6 Å². The smallest absolute Gasteiger partial charge is 0.343 e. The highest BCUT2D eigenvalue weighted by atomic mass is 32.2. The van der Waals surface area contributed by atoms with Crippen molar-refractivity contribution in [1.82, 2.24) is 15.0 Å². The highest BCUT2D eigenvalue weighted by Gasteiger charge is 2.17. The average Bonchev–Trinajstić information content (AvgIpc) is 3.03. The van der Waals surface area contributed by atoms with Gasteiger partial charge >= 0.3 is 5.97 Å². The van der Waals surface area contributed by atoms with Crippen LogP contribution in [-0.4, -0.2) is 40.4 Å². The summed E-state index contributed by atoms with van der Waals surface area (Å²) in [4.78, 5) is 25.2. The number of ether oxygens (including phenoxy) is 2. The number of aromatic nitrogens is 3. The molecule has 0 aliphatic heterocycles. The predicted molar refractivity (Wildman–Crippen MR) is 104 cm³/mol. The minimum absolute atomic E-state index is 0.277. The van der Waals surface area contributed by atoms with Gasteiger partial charge in [0.2, 0.25) is 0 Å². The van der Waals surface area contributed by atoms with Crippen molar-refractivity contribution in [1.29, 1.82) is 0 Å². The van der Waals surface area contributed by atoms with Crippen LogP contribution in [0.1, 0.15) is 24.2 Å². The van der Waals surface area contributed by atoms with E-state index < -0.39 is 5.97 Å². The minimum Gasteiger partial charge on any atom is -0.494 e.